The number of carboxylic acids is 1. The number of hydrogen-bond donors (Lipinski definition) is 2. The van der Waals surface area contributed by atoms with Crippen LogP contribution in [0.1, 0.15) is 12.0 Å². The van der Waals surface area contributed by atoms with E-state index in [-0.39, 0.29) is 24.3 Å². The molecule has 1 fully saturated rings. The highest BCUT2D eigenvalue weighted by molar-refractivity contribution is 5.90. The second-order valence-corrected chi connectivity index (χ2v) is 4.78. The number of benzene rings is 1. The number of likely N-dealkylation sites (tertiary alicyclic amines) is 1. The molecule has 1 heterocycles. The fraction of sp³-hybridized carbons (Fsp3) is 0.385. The van der Waals surface area contributed by atoms with Crippen LogP contribution in [0.15, 0.2) is 12.1 Å². The summed E-state index contributed by atoms with van der Waals surface area (Å²) in [6.07, 6.45) is 0.355. The van der Waals surface area contributed by atoms with Gasteiger partial charge in [0.1, 0.15) is 11.6 Å². The number of carbonyl (C=O) groups is 2. The van der Waals surface area contributed by atoms with E-state index in [2.05, 4.69) is 5.32 Å². The molecule has 5 nitrogen and oxygen atoms in total. The van der Waals surface area contributed by atoms with Gasteiger partial charge in [0.05, 0.1) is 11.6 Å². The zero-order valence-corrected chi connectivity index (χ0v) is 10.8. The molecule has 0 radical (unpaired) electrons. The lowest BCUT2D eigenvalue weighted by molar-refractivity contribution is -0.141. The van der Waals surface area contributed by atoms with E-state index in [0.29, 0.717) is 6.42 Å². The lowest BCUT2D eigenvalue weighted by atomic mass is 10.1. The van der Waals surface area contributed by atoms with Gasteiger partial charge in [-0.3, -0.25) is 4.79 Å². The summed E-state index contributed by atoms with van der Waals surface area (Å²) in [5.74, 6) is -2.93. The van der Waals surface area contributed by atoms with Crippen LogP contribution in [-0.4, -0.2) is 35.1 Å². The number of amides is 2. The average molecular weight is 284 g/mol. The molecule has 0 bridgehead atoms. The first-order chi connectivity index (χ1) is 9.38. The van der Waals surface area contributed by atoms with Crippen LogP contribution in [-0.2, 0) is 4.79 Å². The quantitative estimate of drug-likeness (QED) is 0.874. The fourth-order valence-corrected chi connectivity index (χ4v) is 2.08. The van der Waals surface area contributed by atoms with Crippen LogP contribution in [0.25, 0.3) is 0 Å². The SMILES string of the molecule is Cc1cc(F)c(NC(=O)N2CCC(C(=O)O)C2)cc1F. The molecule has 1 unspecified atom stereocenters. The fourth-order valence-electron chi connectivity index (χ4n) is 2.08. The van der Waals surface area contributed by atoms with Crippen molar-refractivity contribution in [3.05, 3.63) is 29.3 Å². The first-order valence-electron chi connectivity index (χ1n) is 6.13. The Kier molecular flexibility index (Phi) is 3.87. The minimum Gasteiger partial charge on any atom is -0.481 e. The molecule has 1 aliphatic heterocycles. The predicted molar refractivity (Wildman–Crippen MR) is 67.4 cm³/mol. The summed E-state index contributed by atoms with van der Waals surface area (Å²) < 4.78 is 26.9. The molecule has 2 rings (SSSR count). The highest BCUT2D eigenvalue weighted by Crippen LogP contribution is 2.21. The zero-order valence-electron chi connectivity index (χ0n) is 10.8. The van der Waals surface area contributed by atoms with Gasteiger partial charge in [0.25, 0.3) is 0 Å². The van der Waals surface area contributed by atoms with Gasteiger partial charge in [-0.2, -0.15) is 0 Å². The van der Waals surface area contributed by atoms with Crippen molar-refractivity contribution >= 4 is 17.7 Å². The van der Waals surface area contributed by atoms with E-state index in [1.54, 1.807) is 0 Å². The molecule has 0 aromatic heterocycles. The van der Waals surface area contributed by atoms with Crippen molar-refractivity contribution in [3.8, 4) is 0 Å². The third kappa shape index (κ3) is 2.87. The Bertz CT molecular complexity index is 563. The van der Waals surface area contributed by atoms with Gasteiger partial charge in [0, 0.05) is 19.2 Å². The molecule has 1 saturated heterocycles. The standard InChI is InChI=1S/C13H14F2N2O3/c1-7-4-10(15)11(5-9(7)14)16-13(20)17-3-2-8(6-17)12(18)19/h4-5,8H,2-3,6H2,1H3,(H,16,20)(H,18,19). The van der Waals surface area contributed by atoms with E-state index >= 15 is 0 Å². The van der Waals surface area contributed by atoms with Crippen molar-refractivity contribution < 1.29 is 23.5 Å². The Labute approximate surface area is 114 Å². The van der Waals surface area contributed by atoms with Crippen LogP contribution in [0.3, 0.4) is 0 Å². The Morgan fingerprint density at radius 2 is 2.05 bits per heavy atom. The Morgan fingerprint density at radius 1 is 1.35 bits per heavy atom. The third-order valence-electron chi connectivity index (χ3n) is 3.31. The summed E-state index contributed by atoms with van der Waals surface area (Å²) >= 11 is 0. The highest BCUT2D eigenvalue weighted by Gasteiger charge is 2.31. The Hall–Kier alpha value is -2.18. The normalized spacial score (nSPS) is 18.1. The van der Waals surface area contributed by atoms with Crippen LogP contribution in [0.5, 0.6) is 0 Å². The van der Waals surface area contributed by atoms with Gasteiger partial charge in [-0.25, -0.2) is 13.6 Å². The van der Waals surface area contributed by atoms with E-state index in [0.717, 1.165) is 12.1 Å². The molecule has 1 aliphatic rings. The molecular formula is C13H14F2N2O3. The van der Waals surface area contributed by atoms with Gasteiger partial charge in [-0.1, -0.05) is 0 Å². The van der Waals surface area contributed by atoms with E-state index in [1.165, 1.54) is 11.8 Å². The second-order valence-electron chi connectivity index (χ2n) is 4.78. The molecule has 2 amide bonds. The summed E-state index contributed by atoms with van der Waals surface area (Å²) in [6, 6.07) is 1.28. The lowest BCUT2D eigenvalue weighted by Crippen LogP contribution is -2.34. The average Bonchev–Trinajstić information content (AvgIpc) is 2.85. The van der Waals surface area contributed by atoms with Crippen molar-refractivity contribution in [1.82, 2.24) is 4.90 Å². The van der Waals surface area contributed by atoms with E-state index in [9.17, 15) is 18.4 Å². The summed E-state index contributed by atoms with van der Waals surface area (Å²) in [5.41, 5.74) is -0.107. The van der Waals surface area contributed by atoms with Crippen LogP contribution < -0.4 is 5.32 Å². The molecule has 0 spiro atoms. The number of carbonyl (C=O) groups excluding carboxylic acids is 1. The Balaban J connectivity index is 2.06. The number of anilines is 1. The van der Waals surface area contributed by atoms with Crippen LogP contribution >= 0.6 is 0 Å². The number of halogens is 2. The number of aryl methyl sites for hydroxylation is 1. The molecule has 1 aromatic rings. The molecule has 0 aliphatic carbocycles. The smallest absolute Gasteiger partial charge is 0.321 e. The largest absolute Gasteiger partial charge is 0.481 e. The topological polar surface area (TPSA) is 69.6 Å². The monoisotopic (exact) mass is 284 g/mol. The van der Waals surface area contributed by atoms with E-state index in [1.807, 2.05) is 0 Å². The third-order valence-corrected chi connectivity index (χ3v) is 3.31. The van der Waals surface area contributed by atoms with Crippen LogP contribution in [0.2, 0.25) is 0 Å². The molecular weight excluding hydrogens is 270 g/mol. The number of hydrogen-bond acceptors (Lipinski definition) is 2. The summed E-state index contributed by atoms with van der Waals surface area (Å²) in [7, 11) is 0. The first kappa shape index (κ1) is 14.2. The van der Waals surface area contributed by atoms with Crippen molar-refractivity contribution in [1.29, 1.82) is 0 Å². The molecule has 1 atom stereocenters. The van der Waals surface area contributed by atoms with Crippen LogP contribution in [0, 0.1) is 24.5 Å². The minimum absolute atomic E-state index is 0.0666. The predicted octanol–water partition coefficient (Wildman–Crippen LogP) is 2.21. The molecule has 1 aromatic carbocycles. The second kappa shape index (κ2) is 5.44. The van der Waals surface area contributed by atoms with E-state index < -0.39 is 29.6 Å². The highest BCUT2D eigenvalue weighted by atomic mass is 19.1. The lowest BCUT2D eigenvalue weighted by Gasteiger charge is -2.17. The number of nitrogens with zero attached hydrogens (tertiary/aromatic N) is 1. The molecule has 2 N–H and O–H groups in total. The number of urea groups is 1. The maximum absolute atomic E-state index is 13.6. The van der Waals surface area contributed by atoms with Crippen molar-refractivity contribution in [2.45, 2.75) is 13.3 Å². The zero-order chi connectivity index (χ0) is 14.9. The molecule has 108 valence electrons. The minimum atomic E-state index is -0.965. The molecule has 7 heteroatoms. The number of rotatable bonds is 2. The van der Waals surface area contributed by atoms with Crippen molar-refractivity contribution in [2.24, 2.45) is 5.92 Å². The van der Waals surface area contributed by atoms with Gasteiger partial charge >= 0.3 is 12.0 Å². The number of carboxylic acid groups (broad SMARTS) is 1. The van der Waals surface area contributed by atoms with Gasteiger partial charge in [0.2, 0.25) is 0 Å². The van der Waals surface area contributed by atoms with Gasteiger partial charge in [-0.15, -0.1) is 0 Å². The number of nitrogens with one attached hydrogen (secondary N) is 1. The van der Waals surface area contributed by atoms with Gasteiger partial charge in [0.15, 0.2) is 0 Å². The van der Waals surface area contributed by atoms with Gasteiger partial charge < -0.3 is 15.3 Å². The summed E-state index contributed by atoms with van der Waals surface area (Å²) in [5, 5.41) is 11.1. The molecule has 20 heavy (non-hydrogen) atoms. The first-order valence-corrected chi connectivity index (χ1v) is 6.13. The van der Waals surface area contributed by atoms with Crippen molar-refractivity contribution in [3.63, 3.8) is 0 Å². The maximum Gasteiger partial charge on any atom is 0.321 e. The van der Waals surface area contributed by atoms with Gasteiger partial charge in [-0.05, 0) is 25.0 Å². The Morgan fingerprint density at radius 3 is 2.65 bits per heavy atom. The van der Waals surface area contributed by atoms with Crippen LogP contribution in [0.4, 0.5) is 19.3 Å². The van der Waals surface area contributed by atoms with E-state index in [4.69, 9.17) is 5.11 Å². The summed E-state index contributed by atoms with van der Waals surface area (Å²) in [6.45, 7) is 1.76. The molecule has 0 saturated carbocycles. The van der Waals surface area contributed by atoms with Crippen molar-refractivity contribution in [2.75, 3.05) is 18.4 Å². The maximum atomic E-state index is 13.6. The summed E-state index contributed by atoms with van der Waals surface area (Å²) in [4.78, 5) is 23.9. The number of aliphatic carboxylic acids is 1.